The lowest BCUT2D eigenvalue weighted by Gasteiger charge is -2.64. The number of nitrogens with one attached hydrogen (secondary N) is 1. The molecule has 1 aromatic rings. The minimum atomic E-state index is -0.577. The maximum Gasteiger partial charge on any atom is 0.282 e. The Morgan fingerprint density at radius 1 is 1.28 bits per heavy atom. The van der Waals surface area contributed by atoms with Gasteiger partial charge in [0.15, 0.2) is 11.5 Å². The zero-order chi connectivity index (χ0) is 21.0. The lowest BCUT2D eigenvalue weighted by atomic mass is 9.40. The Morgan fingerprint density at radius 3 is 2.48 bits per heavy atom. The van der Waals surface area contributed by atoms with E-state index in [1.807, 2.05) is 0 Å². The topological polar surface area (TPSA) is 114 Å². The van der Waals surface area contributed by atoms with Crippen molar-refractivity contribution in [3.63, 3.8) is 0 Å². The molecular formula is C21H27N3O5. The Morgan fingerprint density at radius 2 is 1.93 bits per heavy atom. The van der Waals surface area contributed by atoms with E-state index >= 15 is 0 Å². The van der Waals surface area contributed by atoms with Gasteiger partial charge in [-0.1, -0.05) is 13.8 Å². The van der Waals surface area contributed by atoms with Crippen molar-refractivity contribution < 1.29 is 19.6 Å². The summed E-state index contributed by atoms with van der Waals surface area (Å²) in [7, 11) is 1.32. The smallest absolute Gasteiger partial charge is 0.282 e. The van der Waals surface area contributed by atoms with Crippen LogP contribution in [0.4, 0.5) is 5.69 Å². The fraction of sp³-hybridized carbons (Fsp3) is 0.619. The lowest BCUT2D eigenvalue weighted by molar-refractivity contribution is -0.385. The maximum absolute atomic E-state index is 13.1. The van der Waals surface area contributed by atoms with Crippen LogP contribution in [0, 0.1) is 32.3 Å². The van der Waals surface area contributed by atoms with Gasteiger partial charge in [0.1, 0.15) is 0 Å². The second-order valence-electron chi connectivity index (χ2n) is 9.95. The molecule has 156 valence electrons. The number of phenols is 1. The van der Waals surface area contributed by atoms with E-state index in [9.17, 15) is 20.0 Å². The van der Waals surface area contributed by atoms with E-state index in [0.29, 0.717) is 5.92 Å². The van der Waals surface area contributed by atoms with Crippen LogP contribution >= 0.6 is 0 Å². The number of aromatic hydroxyl groups is 1. The number of hydrogen-bond acceptors (Lipinski definition) is 6. The minimum absolute atomic E-state index is 0.00735. The van der Waals surface area contributed by atoms with Crippen LogP contribution in [-0.4, -0.2) is 29.3 Å². The number of nitrogens with zero attached hydrogens (tertiary/aromatic N) is 2. The first-order valence-electron chi connectivity index (χ1n) is 9.96. The lowest BCUT2D eigenvalue weighted by Crippen LogP contribution is -2.59. The largest absolute Gasteiger partial charge is 0.504 e. The van der Waals surface area contributed by atoms with Crippen molar-refractivity contribution in [1.29, 1.82) is 0 Å². The van der Waals surface area contributed by atoms with E-state index < -0.39 is 10.3 Å². The van der Waals surface area contributed by atoms with Gasteiger partial charge in [-0.2, -0.15) is 5.10 Å². The first kappa shape index (κ1) is 19.7. The zero-order valence-electron chi connectivity index (χ0n) is 17.0. The van der Waals surface area contributed by atoms with Gasteiger partial charge in [-0.15, -0.1) is 0 Å². The van der Waals surface area contributed by atoms with Crippen LogP contribution in [0.15, 0.2) is 17.2 Å². The van der Waals surface area contributed by atoms with E-state index in [2.05, 4.69) is 24.4 Å². The SMILES string of the molecule is COc1cc([N+](=O)[O-])c(/C=N/NC(=O)C23CC4CC(C)(CC(C)(C4)C2)C3)cc1O. The first-order chi connectivity index (χ1) is 13.6. The molecule has 0 saturated heterocycles. The molecule has 4 fully saturated rings. The molecule has 8 heteroatoms. The number of phenolic OH excluding ortho intramolecular Hbond substituents is 1. The third kappa shape index (κ3) is 3.34. The summed E-state index contributed by atoms with van der Waals surface area (Å²) in [4.78, 5) is 23.9. The molecule has 1 amide bonds. The van der Waals surface area contributed by atoms with Gasteiger partial charge in [-0.3, -0.25) is 14.9 Å². The quantitative estimate of drug-likeness (QED) is 0.443. The van der Waals surface area contributed by atoms with E-state index in [0.717, 1.165) is 25.3 Å². The molecule has 0 radical (unpaired) electrons. The number of ether oxygens (including phenoxy) is 1. The van der Waals surface area contributed by atoms with Gasteiger partial charge in [0, 0.05) is 0 Å². The fourth-order valence-electron chi connectivity index (χ4n) is 6.98. The normalized spacial score (nSPS) is 35.1. The second kappa shape index (κ2) is 6.43. The van der Waals surface area contributed by atoms with Crippen LogP contribution in [0.5, 0.6) is 11.5 Å². The molecule has 0 heterocycles. The molecule has 0 spiro atoms. The number of benzene rings is 1. The number of hydrogen-bond donors (Lipinski definition) is 2. The number of rotatable bonds is 5. The summed E-state index contributed by atoms with van der Waals surface area (Å²) in [6.07, 6.45) is 7.40. The van der Waals surface area contributed by atoms with Crippen LogP contribution in [0.1, 0.15) is 57.9 Å². The highest BCUT2D eigenvalue weighted by Gasteiger charge is 2.62. The Balaban J connectivity index is 1.54. The average molecular weight is 401 g/mol. The molecule has 8 nitrogen and oxygen atoms in total. The molecule has 4 bridgehead atoms. The summed E-state index contributed by atoms with van der Waals surface area (Å²) in [5, 5.41) is 25.2. The maximum atomic E-state index is 13.1. The van der Waals surface area contributed by atoms with Gasteiger partial charge in [0.25, 0.3) is 5.69 Å². The van der Waals surface area contributed by atoms with Gasteiger partial charge >= 0.3 is 0 Å². The molecular weight excluding hydrogens is 374 g/mol. The summed E-state index contributed by atoms with van der Waals surface area (Å²) < 4.78 is 4.92. The third-order valence-corrected chi connectivity index (χ3v) is 7.00. The van der Waals surface area contributed by atoms with Crippen molar-refractivity contribution in [1.82, 2.24) is 5.43 Å². The molecule has 2 N–H and O–H groups in total. The highest BCUT2D eigenvalue weighted by atomic mass is 16.6. The Kier molecular flexibility index (Phi) is 4.36. The van der Waals surface area contributed by atoms with E-state index in [-0.39, 0.29) is 39.5 Å². The van der Waals surface area contributed by atoms with Crippen LogP contribution in [0.2, 0.25) is 0 Å². The number of carbonyl (C=O) groups excluding carboxylic acids is 1. The van der Waals surface area contributed by atoms with E-state index in [4.69, 9.17) is 4.74 Å². The molecule has 0 aliphatic heterocycles. The predicted molar refractivity (Wildman–Crippen MR) is 107 cm³/mol. The highest BCUT2D eigenvalue weighted by molar-refractivity contribution is 5.89. The number of methoxy groups -OCH3 is 1. The molecule has 5 rings (SSSR count). The molecule has 2 atom stereocenters. The number of nitro groups is 1. The predicted octanol–water partition coefficient (Wildman–Crippen LogP) is 3.76. The summed E-state index contributed by atoms with van der Waals surface area (Å²) in [5.41, 5.74) is 2.47. The van der Waals surface area contributed by atoms with Crippen molar-refractivity contribution in [3.8, 4) is 11.5 Å². The van der Waals surface area contributed by atoms with Crippen molar-refractivity contribution in [2.24, 2.45) is 27.3 Å². The Labute approximate surface area is 169 Å². The third-order valence-electron chi connectivity index (χ3n) is 7.00. The molecule has 4 aliphatic carbocycles. The molecule has 0 aromatic heterocycles. The average Bonchev–Trinajstić information content (AvgIpc) is 2.58. The minimum Gasteiger partial charge on any atom is -0.504 e. The summed E-state index contributed by atoms with van der Waals surface area (Å²) in [5.74, 6) is 0.257. The summed E-state index contributed by atoms with van der Waals surface area (Å²) >= 11 is 0. The summed E-state index contributed by atoms with van der Waals surface area (Å²) in [6.45, 7) is 4.59. The monoisotopic (exact) mass is 401 g/mol. The van der Waals surface area contributed by atoms with Gasteiger partial charge in [0.05, 0.1) is 35.3 Å². The van der Waals surface area contributed by atoms with Crippen molar-refractivity contribution >= 4 is 17.8 Å². The van der Waals surface area contributed by atoms with E-state index in [1.54, 1.807) is 0 Å². The fourth-order valence-corrected chi connectivity index (χ4v) is 6.98. The Hall–Kier alpha value is -2.64. The number of amides is 1. The second-order valence-corrected chi connectivity index (χ2v) is 9.95. The molecule has 4 saturated carbocycles. The number of hydrazone groups is 1. The summed E-state index contributed by atoms with van der Waals surface area (Å²) in [6, 6.07) is 2.35. The zero-order valence-corrected chi connectivity index (χ0v) is 17.0. The van der Waals surface area contributed by atoms with Gasteiger partial charge in [-0.05, 0) is 61.3 Å². The van der Waals surface area contributed by atoms with Crippen LogP contribution in [0.3, 0.4) is 0 Å². The molecule has 1 aromatic carbocycles. The van der Waals surface area contributed by atoms with Crippen LogP contribution in [0.25, 0.3) is 0 Å². The van der Waals surface area contributed by atoms with Gasteiger partial charge in [-0.25, -0.2) is 5.43 Å². The van der Waals surface area contributed by atoms with Crippen molar-refractivity contribution in [2.75, 3.05) is 7.11 Å². The van der Waals surface area contributed by atoms with Crippen molar-refractivity contribution in [3.05, 3.63) is 27.8 Å². The molecule has 4 aliphatic rings. The van der Waals surface area contributed by atoms with Crippen molar-refractivity contribution in [2.45, 2.75) is 52.4 Å². The van der Waals surface area contributed by atoms with E-state index in [1.165, 1.54) is 38.7 Å². The first-order valence-corrected chi connectivity index (χ1v) is 9.96. The number of nitro benzene ring substituents is 1. The van der Waals surface area contributed by atoms with Crippen LogP contribution in [-0.2, 0) is 4.79 Å². The molecule has 2 unspecified atom stereocenters. The highest BCUT2D eigenvalue weighted by Crippen LogP contribution is 2.69. The molecule has 29 heavy (non-hydrogen) atoms. The standard InChI is InChI=1S/C21H27N3O5/c1-19-6-13-7-20(2,10-19)12-21(8-13,11-19)18(26)23-22-9-14-4-16(25)17(29-3)5-15(14)24(27)28/h4-5,9,13,25H,6-8,10-12H2,1-3H3,(H,23,26)/b22-9+. The van der Waals surface area contributed by atoms with Crippen LogP contribution < -0.4 is 10.2 Å². The van der Waals surface area contributed by atoms with Gasteiger partial charge in [0.2, 0.25) is 5.91 Å². The number of carbonyl (C=O) groups is 1. The Bertz CT molecular complexity index is 894. The van der Waals surface area contributed by atoms with Gasteiger partial charge < -0.3 is 9.84 Å².